The van der Waals surface area contributed by atoms with Gasteiger partial charge in [0.05, 0.1) is 6.61 Å². The number of morpholine rings is 1. The number of nitrogens with zero attached hydrogens (tertiary/aromatic N) is 1. The number of hydrogen-bond acceptors (Lipinski definition) is 4. The van der Waals surface area contributed by atoms with Crippen LogP contribution in [0.3, 0.4) is 0 Å². The largest absolute Gasteiger partial charge is 0.433 e. The summed E-state index contributed by atoms with van der Waals surface area (Å²) in [6.45, 7) is 1.51. The molecule has 0 radical (unpaired) electrons. The number of halogens is 3. The number of rotatable bonds is 3. The number of benzene rings is 1. The van der Waals surface area contributed by atoms with E-state index >= 15 is 0 Å². The third-order valence-corrected chi connectivity index (χ3v) is 4.56. The topological polar surface area (TPSA) is 46.2 Å². The fraction of sp³-hybridized carbons (Fsp3) is 0.353. The lowest BCUT2D eigenvalue weighted by atomic mass is 9.93. The molecule has 2 saturated heterocycles. The quantitative estimate of drug-likeness (QED) is 0.902. The molecule has 2 N–H and O–H groups in total. The van der Waals surface area contributed by atoms with E-state index in [0.717, 1.165) is 43.1 Å². The van der Waals surface area contributed by atoms with Gasteiger partial charge in [-0.05, 0) is 36.2 Å². The minimum atomic E-state index is -4.45. The number of ether oxygens (including phenoxy) is 1. The number of fused-ring (bicyclic) bond motifs is 2. The average molecular weight is 335 g/mol. The molecule has 2 aliphatic heterocycles. The molecule has 4 nitrogen and oxygen atoms in total. The predicted molar refractivity (Wildman–Crippen MR) is 83.0 cm³/mol. The van der Waals surface area contributed by atoms with Gasteiger partial charge < -0.3 is 15.4 Å². The van der Waals surface area contributed by atoms with Crippen LogP contribution in [-0.4, -0.2) is 24.2 Å². The third-order valence-electron chi connectivity index (χ3n) is 4.56. The average Bonchev–Trinajstić information content (AvgIpc) is 3.17. The van der Waals surface area contributed by atoms with Gasteiger partial charge in [0.2, 0.25) is 0 Å². The van der Waals surface area contributed by atoms with Crippen LogP contribution in [0.5, 0.6) is 0 Å². The van der Waals surface area contributed by atoms with Crippen molar-refractivity contribution >= 4 is 11.4 Å². The Kier molecular flexibility index (Phi) is 3.51. The van der Waals surface area contributed by atoms with Gasteiger partial charge in [0.25, 0.3) is 0 Å². The summed E-state index contributed by atoms with van der Waals surface area (Å²) < 4.78 is 44.0. The Balaban J connectivity index is 1.52. The normalized spacial score (nSPS) is 25.9. The number of pyridine rings is 1. The van der Waals surface area contributed by atoms with Crippen molar-refractivity contribution in [3.8, 4) is 0 Å². The highest BCUT2D eigenvalue weighted by molar-refractivity contribution is 5.60. The van der Waals surface area contributed by atoms with E-state index in [1.54, 1.807) is 0 Å². The molecule has 126 valence electrons. The fourth-order valence-corrected chi connectivity index (χ4v) is 3.33. The minimum Gasteiger partial charge on any atom is -0.367 e. The van der Waals surface area contributed by atoms with E-state index < -0.39 is 11.9 Å². The highest BCUT2D eigenvalue weighted by Crippen LogP contribution is 2.40. The first-order chi connectivity index (χ1) is 11.4. The first-order valence-electron chi connectivity index (χ1n) is 7.73. The first kappa shape index (κ1) is 15.4. The summed E-state index contributed by atoms with van der Waals surface area (Å²) in [5.74, 6) is 0. The van der Waals surface area contributed by atoms with Gasteiger partial charge in [-0.3, -0.25) is 4.98 Å². The smallest absolute Gasteiger partial charge is 0.367 e. The molecule has 24 heavy (non-hydrogen) atoms. The molecule has 7 heteroatoms. The maximum Gasteiger partial charge on any atom is 0.433 e. The Bertz CT molecular complexity index is 737. The first-order valence-corrected chi connectivity index (χ1v) is 7.73. The summed E-state index contributed by atoms with van der Waals surface area (Å²) in [5.41, 5.74) is 0.984. The molecular formula is C17H16F3N3O. The van der Waals surface area contributed by atoms with Gasteiger partial charge >= 0.3 is 6.18 Å². The molecule has 2 bridgehead atoms. The van der Waals surface area contributed by atoms with Crippen molar-refractivity contribution in [1.29, 1.82) is 0 Å². The van der Waals surface area contributed by atoms with E-state index in [9.17, 15) is 13.2 Å². The molecule has 2 unspecified atom stereocenters. The second-order valence-corrected chi connectivity index (χ2v) is 6.22. The Labute approximate surface area is 137 Å². The zero-order chi connectivity index (χ0) is 16.8. The van der Waals surface area contributed by atoms with Gasteiger partial charge in [-0.2, -0.15) is 13.2 Å². The highest BCUT2D eigenvalue weighted by Gasteiger charge is 2.47. The lowest BCUT2D eigenvalue weighted by molar-refractivity contribution is -0.141. The Morgan fingerprint density at radius 2 is 1.96 bits per heavy atom. The van der Waals surface area contributed by atoms with E-state index in [4.69, 9.17) is 4.74 Å². The molecule has 3 heterocycles. The van der Waals surface area contributed by atoms with Crippen molar-refractivity contribution in [1.82, 2.24) is 10.3 Å². The van der Waals surface area contributed by atoms with E-state index in [1.165, 1.54) is 6.07 Å². The van der Waals surface area contributed by atoms with Crippen molar-refractivity contribution in [3.63, 3.8) is 0 Å². The second kappa shape index (κ2) is 5.46. The van der Waals surface area contributed by atoms with Crippen LogP contribution >= 0.6 is 0 Å². The van der Waals surface area contributed by atoms with Gasteiger partial charge in [-0.1, -0.05) is 12.1 Å². The summed E-state index contributed by atoms with van der Waals surface area (Å²) >= 11 is 0. The van der Waals surface area contributed by atoms with E-state index in [2.05, 4.69) is 15.6 Å². The third kappa shape index (κ3) is 2.74. The summed E-state index contributed by atoms with van der Waals surface area (Å²) in [6.07, 6.45) is -2.35. The molecule has 2 atom stereocenters. The van der Waals surface area contributed by atoms with Crippen molar-refractivity contribution in [3.05, 3.63) is 53.9 Å². The van der Waals surface area contributed by atoms with Crippen molar-refractivity contribution < 1.29 is 17.9 Å². The monoisotopic (exact) mass is 335 g/mol. The van der Waals surface area contributed by atoms with Crippen LogP contribution in [0.4, 0.5) is 24.5 Å². The predicted octanol–water partition coefficient (Wildman–Crippen LogP) is 3.43. The van der Waals surface area contributed by atoms with Gasteiger partial charge in [0.15, 0.2) is 0 Å². The number of anilines is 2. The molecule has 2 aromatic rings. The summed E-state index contributed by atoms with van der Waals surface area (Å²) in [4.78, 5) is 3.36. The molecule has 0 amide bonds. The van der Waals surface area contributed by atoms with Crippen molar-refractivity contribution in [2.45, 2.75) is 24.2 Å². The molecule has 0 spiro atoms. The van der Waals surface area contributed by atoms with Crippen LogP contribution in [0.25, 0.3) is 0 Å². The van der Waals surface area contributed by atoms with Crippen LogP contribution in [-0.2, 0) is 16.5 Å². The lowest BCUT2D eigenvalue weighted by Gasteiger charge is -2.27. The molecule has 0 saturated carbocycles. The van der Waals surface area contributed by atoms with Gasteiger partial charge in [0, 0.05) is 30.2 Å². The zero-order valence-electron chi connectivity index (χ0n) is 12.7. The number of nitrogens with one attached hydrogen (secondary N) is 2. The SMILES string of the molecule is FC(F)(F)c1cc(Nc2ccc(C34CNC(CO3)C4)cc2)ccn1. The Hall–Kier alpha value is -2.12. The molecule has 1 aromatic heterocycles. The Morgan fingerprint density at radius 3 is 2.54 bits per heavy atom. The minimum absolute atomic E-state index is 0.261. The maximum absolute atomic E-state index is 12.7. The second-order valence-electron chi connectivity index (χ2n) is 6.22. The molecule has 0 aliphatic carbocycles. The van der Waals surface area contributed by atoms with E-state index in [-0.39, 0.29) is 5.60 Å². The number of hydrogen-bond donors (Lipinski definition) is 2. The highest BCUT2D eigenvalue weighted by atomic mass is 19.4. The van der Waals surface area contributed by atoms with Crippen LogP contribution in [0.1, 0.15) is 17.7 Å². The van der Waals surface area contributed by atoms with Crippen LogP contribution in [0.2, 0.25) is 0 Å². The lowest BCUT2D eigenvalue weighted by Crippen LogP contribution is -2.37. The van der Waals surface area contributed by atoms with Crippen LogP contribution < -0.4 is 10.6 Å². The van der Waals surface area contributed by atoms with E-state index in [1.807, 2.05) is 24.3 Å². The van der Waals surface area contributed by atoms with Gasteiger partial charge in [-0.15, -0.1) is 0 Å². The van der Waals surface area contributed by atoms with Crippen LogP contribution in [0, 0.1) is 0 Å². The maximum atomic E-state index is 12.7. The van der Waals surface area contributed by atoms with Crippen molar-refractivity contribution in [2.24, 2.45) is 0 Å². The Morgan fingerprint density at radius 1 is 1.17 bits per heavy atom. The molecule has 2 aliphatic rings. The van der Waals surface area contributed by atoms with Gasteiger partial charge in [0.1, 0.15) is 11.3 Å². The number of aromatic nitrogens is 1. The summed E-state index contributed by atoms with van der Waals surface area (Å²) in [6, 6.07) is 10.6. The molecule has 2 fully saturated rings. The molecule has 1 aromatic carbocycles. The van der Waals surface area contributed by atoms with Gasteiger partial charge in [-0.25, -0.2) is 0 Å². The number of alkyl halides is 3. The summed E-state index contributed by atoms with van der Waals surface area (Å²) in [5, 5.41) is 6.39. The zero-order valence-corrected chi connectivity index (χ0v) is 12.7. The fourth-order valence-electron chi connectivity index (χ4n) is 3.33. The van der Waals surface area contributed by atoms with Crippen molar-refractivity contribution in [2.75, 3.05) is 18.5 Å². The van der Waals surface area contributed by atoms with Crippen LogP contribution in [0.15, 0.2) is 42.6 Å². The standard InChI is InChI=1S/C17H16F3N3O/c18-17(19,20)15-7-13(5-6-21-15)23-12-3-1-11(2-4-12)16-8-14(9-24-16)22-10-16/h1-7,14,22H,8-10H2,(H,21,23). The summed E-state index contributed by atoms with van der Waals surface area (Å²) in [7, 11) is 0. The molecular weight excluding hydrogens is 319 g/mol. The van der Waals surface area contributed by atoms with E-state index in [0.29, 0.717) is 11.7 Å². The molecule has 4 rings (SSSR count).